The van der Waals surface area contributed by atoms with Crippen molar-refractivity contribution in [3.05, 3.63) is 30.3 Å². The number of rotatable bonds is 8. The Labute approximate surface area is 166 Å². The van der Waals surface area contributed by atoms with E-state index in [0.29, 0.717) is 32.1 Å². The summed E-state index contributed by atoms with van der Waals surface area (Å²) in [6, 6.07) is 9.21. The number of likely N-dealkylation sites (tertiary alicyclic amines) is 1. The van der Waals surface area contributed by atoms with Crippen molar-refractivity contribution in [3.63, 3.8) is 0 Å². The lowest BCUT2D eigenvalue weighted by Crippen LogP contribution is -2.45. The van der Waals surface area contributed by atoms with Crippen LogP contribution >= 0.6 is 0 Å². The largest absolute Gasteiger partial charge is 0.378 e. The number of hydrogen-bond donors (Lipinski definition) is 1. The molecule has 2 heterocycles. The van der Waals surface area contributed by atoms with Gasteiger partial charge in [0.15, 0.2) is 6.04 Å². The van der Waals surface area contributed by atoms with E-state index in [2.05, 4.69) is 15.4 Å². The predicted molar refractivity (Wildman–Crippen MR) is 106 cm³/mol. The molecule has 0 radical (unpaired) electrons. The first-order valence-corrected chi connectivity index (χ1v) is 10.1. The summed E-state index contributed by atoms with van der Waals surface area (Å²) in [6.07, 6.45) is 2.78. The molecule has 3 rings (SSSR count). The lowest BCUT2D eigenvalue weighted by Gasteiger charge is -2.34. The van der Waals surface area contributed by atoms with Crippen LogP contribution in [-0.2, 0) is 9.53 Å². The van der Waals surface area contributed by atoms with Gasteiger partial charge < -0.3 is 15.4 Å². The second-order valence-corrected chi connectivity index (χ2v) is 7.53. The molecule has 0 saturated carbocycles. The summed E-state index contributed by atoms with van der Waals surface area (Å²) in [5.74, 6) is 0.641. The molecule has 1 aromatic carbocycles. The highest BCUT2D eigenvalue weighted by Crippen LogP contribution is 2.23. The summed E-state index contributed by atoms with van der Waals surface area (Å²) < 4.78 is 5.84. The van der Waals surface area contributed by atoms with Crippen molar-refractivity contribution in [1.82, 2.24) is 25.1 Å². The molecule has 0 bridgehead atoms. The Bertz CT molecular complexity index is 740. The molecule has 1 atom stereocenters. The second kappa shape index (κ2) is 9.75. The van der Waals surface area contributed by atoms with Crippen LogP contribution in [0.3, 0.4) is 0 Å². The summed E-state index contributed by atoms with van der Waals surface area (Å²) in [6.45, 7) is 6.73. The Morgan fingerprint density at radius 2 is 1.96 bits per heavy atom. The Morgan fingerprint density at radius 1 is 1.25 bits per heavy atom. The van der Waals surface area contributed by atoms with Crippen molar-refractivity contribution in [1.29, 1.82) is 0 Å². The topological polar surface area (TPSA) is 99.2 Å². The van der Waals surface area contributed by atoms with Crippen molar-refractivity contribution in [2.45, 2.75) is 45.3 Å². The fraction of sp³-hybridized carbons (Fsp3) is 0.600. The van der Waals surface area contributed by atoms with Crippen LogP contribution in [0.1, 0.15) is 39.2 Å². The molecule has 2 N–H and O–H groups in total. The van der Waals surface area contributed by atoms with E-state index in [1.807, 2.05) is 49.1 Å². The third-order valence-corrected chi connectivity index (χ3v) is 5.05. The number of aromatic nitrogens is 4. The number of benzene rings is 1. The van der Waals surface area contributed by atoms with Gasteiger partial charge in [-0.3, -0.25) is 4.79 Å². The highest BCUT2D eigenvalue weighted by Gasteiger charge is 2.33. The highest BCUT2D eigenvalue weighted by molar-refractivity contribution is 5.80. The van der Waals surface area contributed by atoms with Crippen molar-refractivity contribution < 1.29 is 9.53 Å². The van der Waals surface area contributed by atoms with Gasteiger partial charge in [0.05, 0.1) is 6.10 Å². The molecule has 0 aliphatic carbocycles. The van der Waals surface area contributed by atoms with E-state index in [0.717, 1.165) is 24.8 Å². The van der Waals surface area contributed by atoms with Gasteiger partial charge in [0, 0.05) is 25.3 Å². The molecule has 1 amide bonds. The Kier molecular flexibility index (Phi) is 7.11. The van der Waals surface area contributed by atoms with Crippen molar-refractivity contribution in [3.8, 4) is 11.4 Å². The third-order valence-electron chi connectivity index (χ3n) is 5.05. The van der Waals surface area contributed by atoms with Crippen LogP contribution in [0.25, 0.3) is 11.4 Å². The Hall–Kier alpha value is -2.32. The number of amides is 1. The minimum Gasteiger partial charge on any atom is -0.378 e. The van der Waals surface area contributed by atoms with Gasteiger partial charge in [-0.1, -0.05) is 44.2 Å². The maximum absolute atomic E-state index is 13.2. The smallest absolute Gasteiger partial charge is 0.249 e. The SMILES string of the molecule is CC(C)C(C(=O)N1CCC(OCCCN)CC1)n1nnc(-c2ccccc2)n1. The fourth-order valence-corrected chi connectivity index (χ4v) is 3.46. The molecule has 1 aliphatic heterocycles. The summed E-state index contributed by atoms with van der Waals surface area (Å²) in [5.41, 5.74) is 6.40. The van der Waals surface area contributed by atoms with E-state index >= 15 is 0 Å². The van der Waals surface area contributed by atoms with Crippen LogP contribution in [0.5, 0.6) is 0 Å². The van der Waals surface area contributed by atoms with E-state index < -0.39 is 6.04 Å². The standard InChI is InChI=1S/C20H30N6O2/c1-15(2)18(26-23-19(22-24-26)16-7-4-3-5-8-16)20(27)25-12-9-17(10-13-25)28-14-6-11-21/h3-5,7-8,15,17-18H,6,9-14,21H2,1-2H3. The molecule has 0 spiro atoms. The normalized spacial score (nSPS) is 16.5. The van der Waals surface area contributed by atoms with E-state index in [1.54, 1.807) is 0 Å². The number of nitrogens with two attached hydrogens (primary N) is 1. The average molecular weight is 386 g/mol. The van der Waals surface area contributed by atoms with Crippen LogP contribution < -0.4 is 5.73 Å². The van der Waals surface area contributed by atoms with E-state index in [9.17, 15) is 4.79 Å². The zero-order valence-corrected chi connectivity index (χ0v) is 16.7. The zero-order valence-electron chi connectivity index (χ0n) is 16.7. The number of nitrogens with zero attached hydrogens (tertiary/aromatic N) is 5. The van der Waals surface area contributed by atoms with Gasteiger partial charge in [-0.25, -0.2) is 0 Å². The van der Waals surface area contributed by atoms with Crippen LogP contribution in [0.15, 0.2) is 30.3 Å². The Morgan fingerprint density at radius 3 is 2.61 bits per heavy atom. The quantitative estimate of drug-likeness (QED) is 0.696. The maximum atomic E-state index is 13.2. The molecular formula is C20H30N6O2. The predicted octanol–water partition coefficient (Wildman–Crippen LogP) is 1.89. The van der Waals surface area contributed by atoms with Crippen molar-refractivity contribution >= 4 is 5.91 Å². The number of hydrogen-bond acceptors (Lipinski definition) is 6. The van der Waals surface area contributed by atoms with Gasteiger partial charge in [0.25, 0.3) is 0 Å². The van der Waals surface area contributed by atoms with Gasteiger partial charge in [0.1, 0.15) is 0 Å². The molecule has 2 aromatic rings. The minimum absolute atomic E-state index is 0.0485. The van der Waals surface area contributed by atoms with Crippen LogP contribution in [0, 0.1) is 5.92 Å². The highest BCUT2D eigenvalue weighted by atomic mass is 16.5. The number of carbonyl (C=O) groups is 1. The molecule has 1 aliphatic rings. The fourth-order valence-electron chi connectivity index (χ4n) is 3.46. The van der Waals surface area contributed by atoms with Crippen LogP contribution in [-0.4, -0.2) is 63.4 Å². The Balaban J connectivity index is 1.65. The van der Waals surface area contributed by atoms with E-state index in [-0.39, 0.29) is 17.9 Å². The summed E-state index contributed by atoms with van der Waals surface area (Å²) in [4.78, 5) is 16.6. The molecule has 1 aromatic heterocycles. The molecule has 1 unspecified atom stereocenters. The molecule has 8 nitrogen and oxygen atoms in total. The summed E-state index contributed by atoms with van der Waals surface area (Å²) in [5, 5.41) is 12.8. The number of piperidine rings is 1. The van der Waals surface area contributed by atoms with Gasteiger partial charge in [-0.05, 0) is 36.9 Å². The number of carbonyl (C=O) groups excluding carboxylic acids is 1. The minimum atomic E-state index is -0.459. The van der Waals surface area contributed by atoms with Gasteiger partial charge in [-0.15, -0.1) is 10.2 Å². The average Bonchev–Trinajstić information content (AvgIpc) is 3.19. The molecular weight excluding hydrogens is 356 g/mol. The summed E-state index contributed by atoms with van der Waals surface area (Å²) in [7, 11) is 0. The monoisotopic (exact) mass is 386 g/mol. The molecule has 28 heavy (non-hydrogen) atoms. The van der Waals surface area contributed by atoms with E-state index in [4.69, 9.17) is 10.5 Å². The molecule has 8 heteroatoms. The van der Waals surface area contributed by atoms with Crippen LogP contribution in [0.4, 0.5) is 0 Å². The zero-order chi connectivity index (χ0) is 19.9. The van der Waals surface area contributed by atoms with Gasteiger partial charge >= 0.3 is 0 Å². The van der Waals surface area contributed by atoms with Gasteiger partial charge in [-0.2, -0.15) is 4.80 Å². The first kappa shape index (κ1) is 20.4. The summed E-state index contributed by atoms with van der Waals surface area (Å²) >= 11 is 0. The van der Waals surface area contributed by atoms with Gasteiger partial charge in [0.2, 0.25) is 11.7 Å². The lowest BCUT2D eigenvalue weighted by molar-refractivity contribution is -0.139. The maximum Gasteiger partial charge on any atom is 0.249 e. The third kappa shape index (κ3) is 4.94. The lowest BCUT2D eigenvalue weighted by atomic mass is 10.0. The van der Waals surface area contributed by atoms with E-state index in [1.165, 1.54) is 4.80 Å². The first-order chi connectivity index (χ1) is 13.6. The van der Waals surface area contributed by atoms with Crippen molar-refractivity contribution in [2.24, 2.45) is 11.7 Å². The second-order valence-electron chi connectivity index (χ2n) is 7.53. The number of ether oxygens (including phenoxy) is 1. The molecule has 1 saturated heterocycles. The van der Waals surface area contributed by atoms with Crippen molar-refractivity contribution in [2.75, 3.05) is 26.2 Å². The molecule has 1 fully saturated rings. The van der Waals surface area contributed by atoms with Crippen LogP contribution in [0.2, 0.25) is 0 Å². The number of tetrazole rings is 1. The first-order valence-electron chi connectivity index (χ1n) is 10.1. The molecule has 152 valence electrons.